The molecule has 2 aromatic rings. The lowest BCUT2D eigenvalue weighted by atomic mass is 10.1. The van der Waals surface area contributed by atoms with Crippen molar-refractivity contribution in [1.29, 1.82) is 0 Å². The first-order valence-electron chi connectivity index (χ1n) is 7.48. The van der Waals surface area contributed by atoms with Crippen molar-refractivity contribution in [3.05, 3.63) is 68.1 Å². The number of carbonyl (C=O) groups excluding carboxylic acids is 3. The summed E-state index contributed by atoms with van der Waals surface area (Å²) in [5.41, 5.74) is 1.46. The highest BCUT2D eigenvalue weighted by Crippen LogP contribution is 2.36. The molecular formula is C18H12Br2N2O4. The zero-order valence-electron chi connectivity index (χ0n) is 13.2. The Labute approximate surface area is 165 Å². The highest BCUT2D eigenvalue weighted by Gasteiger charge is 2.27. The number of carbonyl (C=O) groups is 3. The molecule has 0 bridgehead atoms. The minimum absolute atomic E-state index is 0.152. The first-order valence-corrected chi connectivity index (χ1v) is 9.07. The van der Waals surface area contributed by atoms with Crippen LogP contribution in [0.5, 0.6) is 5.75 Å². The third kappa shape index (κ3) is 4.20. The van der Waals surface area contributed by atoms with E-state index in [1.807, 2.05) is 41.0 Å². The van der Waals surface area contributed by atoms with E-state index in [2.05, 4.69) is 31.9 Å². The third-order valence-electron chi connectivity index (χ3n) is 3.50. The Morgan fingerprint density at radius 2 is 1.50 bits per heavy atom. The van der Waals surface area contributed by atoms with Crippen molar-refractivity contribution >= 4 is 55.8 Å². The van der Waals surface area contributed by atoms with E-state index in [1.54, 1.807) is 12.1 Å². The number of rotatable bonds is 4. The first kappa shape index (κ1) is 18.3. The van der Waals surface area contributed by atoms with Crippen molar-refractivity contribution in [2.75, 3.05) is 0 Å². The number of hydrogen-bond acceptors (Lipinski definition) is 4. The van der Waals surface area contributed by atoms with Crippen LogP contribution in [-0.4, -0.2) is 17.8 Å². The second kappa shape index (κ2) is 7.84. The molecule has 0 atom stereocenters. The van der Waals surface area contributed by atoms with Crippen molar-refractivity contribution in [1.82, 2.24) is 10.6 Å². The Bertz CT molecular complexity index is 881. The van der Waals surface area contributed by atoms with Gasteiger partial charge in [-0.05, 0) is 61.2 Å². The van der Waals surface area contributed by atoms with Crippen LogP contribution in [0.25, 0.3) is 6.08 Å². The smallest absolute Gasteiger partial charge is 0.328 e. The summed E-state index contributed by atoms with van der Waals surface area (Å²) < 4.78 is 7.15. The number of halogens is 2. The van der Waals surface area contributed by atoms with Crippen molar-refractivity contribution in [3.63, 3.8) is 0 Å². The van der Waals surface area contributed by atoms with Gasteiger partial charge < -0.3 is 4.74 Å². The predicted molar refractivity (Wildman–Crippen MR) is 102 cm³/mol. The predicted octanol–water partition coefficient (Wildman–Crippen LogP) is 3.54. The quantitative estimate of drug-likeness (QED) is 0.518. The van der Waals surface area contributed by atoms with E-state index in [-0.39, 0.29) is 5.57 Å². The summed E-state index contributed by atoms with van der Waals surface area (Å²) in [5, 5.41) is 4.07. The Balaban J connectivity index is 1.83. The molecule has 8 heteroatoms. The van der Waals surface area contributed by atoms with Gasteiger partial charge in [0.2, 0.25) is 0 Å². The van der Waals surface area contributed by atoms with Crippen LogP contribution in [0.15, 0.2) is 57.0 Å². The Morgan fingerprint density at radius 1 is 0.923 bits per heavy atom. The summed E-state index contributed by atoms with van der Waals surface area (Å²) in [7, 11) is 0. The molecule has 0 saturated carbocycles. The molecule has 132 valence electrons. The molecule has 2 N–H and O–H groups in total. The molecule has 0 unspecified atom stereocenters. The molecule has 6 nitrogen and oxygen atoms in total. The number of urea groups is 1. The summed E-state index contributed by atoms with van der Waals surface area (Å²) in [5.74, 6) is -0.880. The number of nitrogens with one attached hydrogen (secondary N) is 2. The molecular weight excluding hydrogens is 468 g/mol. The zero-order valence-corrected chi connectivity index (χ0v) is 16.4. The topological polar surface area (TPSA) is 84.5 Å². The van der Waals surface area contributed by atoms with Gasteiger partial charge in [0, 0.05) is 0 Å². The van der Waals surface area contributed by atoms with Crippen molar-refractivity contribution in [2.24, 2.45) is 0 Å². The van der Waals surface area contributed by atoms with Crippen LogP contribution in [0.4, 0.5) is 4.79 Å². The summed E-state index contributed by atoms with van der Waals surface area (Å²) in [6.45, 7) is 0.394. The van der Waals surface area contributed by atoms with E-state index < -0.39 is 17.8 Å². The summed E-state index contributed by atoms with van der Waals surface area (Å²) in [6.07, 6.45) is 1.40. The van der Waals surface area contributed by atoms with Crippen molar-refractivity contribution in [3.8, 4) is 5.75 Å². The maximum Gasteiger partial charge on any atom is 0.328 e. The van der Waals surface area contributed by atoms with Crippen LogP contribution in [-0.2, 0) is 16.2 Å². The van der Waals surface area contributed by atoms with Gasteiger partial charge in [-0.15, -0.1) is 0 Å². The van der Waals surface area contributed by atoms with Crippen LogP contribution in [0.1, 0.15) is 11.1 Å². The van der Waals surface area contributed by atoms with E-state index in [1.165, 1.54) is 6.08 Å². The van der Waals surface area contributed by atoms with E-state index >= 15 is 0 Å². The van der Waals surface area contributed by atoms with Gasteiger partial charge in [0.05, 0.1) is 8.95 Å². The highest BCUT2D eigenvalue weighted by atomic mass is 79.9. The van der Waals surface area contributed by atoms with E-state index in [4.69, 9.17) is 4.74 Å². The zero-order chi connectivity index (χ0) is 18.7. The van der Waals surface area contributed by atoms with Crippen molar-refractivity contribution in [2.45, 2.75) is 6.61 Å². The lowest BCUT2D eigenvalue weighted by molar-refractivity contribution is -0.123. The molecule has 0 spiro atoms. The van der Waals surface area contributed by atoms with Gasteiger partial charge in [0.25, 0.3) is 11.8 Å². The number of amides is 4. The second-order valence-electron chi connectivity index (χ2n) is 5.38. The van der Waals surface area contributed by atoms with Crippen LogP contribution in [0, 0.1) is 0 Å². The Kier molecular flexibility index (Phi) is 5.53. The third-order valence-corrected chi connectivity index (χ3v) is 4.68. The lowest BCUT2D eigenvalue weighted by Crippen LogP contribution is -2.51. The van der Waals surface area contributed by atoms with Crippen molar-refractivity contribution < 1.29 is 19.1 Å². The average Bonchev–Trinajstić information content (AvgIpc) is 2.58. The Morgan fingerprint density at radius 3 is 2.08 bits per heavy atom. The number of ether oxygens (including phenoxy) is 1. The fraction of sp³-hybridized carbons (Fsp3) is 0.0556. The van der Waals surface area contributed by atoms with Gasteiger partial charge in [-0.3, -0.25) is 20.2 Å². The van der Waals surface area contributed by atoms with Crippen LogP contribution >= 0.6 is 31.9 Å². The number of hydrogen-bond donors (Lipinski definition) is 2. The van der Waals surface area contributed by atoms with Gasteiger partial charge in [0.1, 0.15) is 17.9 Å². The number of barbiturate groups is 1. The van der Waals surface area contributed by atoms with Gasteiger partial charge >= 0.3 is 6.03 Å². The monoisotopic (exact) mass is 478 g/mol. The Hall–Kier alpha value is -2.45. The molecule has 1 saturated heterocycles. The maximum atomic E-state index is 11.8. The van der Waals surface area contributed by atoms with Crippen LogP contribution in [0.3, 0.4) is 0 Å². The fourth-order valence-corrected chi connectivity index (χ4v) is 3.75. The van der Waals surface area contributed by atoms with Gasteiger partial charge in [-0.1, -0.05) is 30.3 Å². The molecule has 0 radical (unpaired) electrons. The van der Waals surface area contributed by atoms with Crippen LogP contribution < -0.4 is 15.4 Å². The van der Waals surface area contributed by atoms with Crippen LogP contribution in [0.2, 0.25) is 0 Å². The summed E-state index contributed by atoms with van der Waals surface area (Å²) >= 11 is 6.87. The fourth-order valence-electron chi connectivity index (χ4n) is 2.30. The largest absolute Gasteiger partial charge is 0.487 e. The minimum Gasteiger partial charge on any atom is -0.487 e. The molecule has 3 rings (SSSR count). The minimum atomic E-state index is -0.829. The molecule has 1 heterocycles. The normalized spacial score (nSPS) is 13.9. The number of benzene rings is 2. The standard InChI is InChI=1S/C18H12Br2N2O4/c19-13-7-11(6-12-16(23)21-18(25)22-17(12)24)8-14(20)15(13)26-9-10-4-2-1-3-5-10/h1-8H,9H2,(H2,21,22,23,24,25). The molecule has 1 aliphatic heterocycles. The molecule has 1 fully saturated rings. The average molecular weight is 480 g/mol. The molecule has 2 aromatic carbocycles. The molecule has 0 aromatic heterocycles. The van der Waals surface area contributed by atoms with Gasteiger partial charge in [-0.25, -0.2) is 4.79 Å². The van der Waals surface area contributed by atoms with E-state index in [9.17, 15) is 14.4 Å². The maximum absolute atomic E-state index is 11.8. The highest BCUT2D eigenvalue weighted by molar-refractivity contribution is 9.11. The lowest BCUT2D eigenvalue weighted by Gasteiger charge is -2.15. The molecule has 1 aliphatic rings. The second-order valence-corrected chi connectivity index (χ2v) is 7.09. The van der Waals surface area contributed by atoms with E-state index in [0.29, 0.717) is 26.9 Å². The molecule has 4 amide bonds. The molecule has 26 heavy (non-hydrogen) atoms. The van der Waals surface area contributed by atoms with Gasteiger partial charge in [0.15, 0.2) is 0 Å². The SMILES string of the molecule is O=C1NC(=O)C(=Cc2cc(Br)c(OCc3ccccc3)c(Br)c2)C(=O)N1. The first-order chi connectivity index (χ1) is 12.4. The summed E-state index contributed by atoms with van der Waals surface area (Å²) in [6, 6.07) is 12.3. The van der Waals surface area contributed by atoms with E-state index in [0.717, 1.165) is 5.56 Å². The van der Waals surface area contributed by atoms with Gasteiger partial charge in [-0.2, -0.15) is 0 Å². The number of imide groups is 2. The summed E-state index contributed by atoms with van der Waals surface area (Å²) in [4.78, 5) is 34.7. The molecule has 0 aliphatic carbocycles.